The van der Waals surface area contributed by atoms with E-state index in [1.807, 2.05) is 11.3 Å². The van der Waals surface area contributed by atoms with Gasteiger partial charge in [0.15, 0.2) is 0 Å². The van der Waals surface area contributed by atoms with E-state index in [4.69, 9.17) is 5.73 Å². The Balaban J connectivity index is 1.98. The molecule has 98 valence electrons. The van der Waals surface area contributed by atoms with Gasteiger partial charge in [0.05, 0.1) is 6.54 Å². The van der Waals surface area contributed by atoms with Gasteiger partial charge in [0.1, 0.15) is 0 Å². The Bertz CT molecular complexity index is 427. The van der Waals surface area contributed by atoms with Gasteiger partial charge in [-0.2, -0.15) is 0 Å². The minimum Gasteiger partial charge on any atom is -0.320 e. The zero-order valence-corrected chi connectivity index (χ0v) is 11.9. The quantitative estimate of drug-likeness (QED) is 0.830. The first-order valence-electron chi connectivity index (χ1n) is 6.77. The smallest absolute Gasteiger partial charge is 0.0555 e. The summed E-state index contributed by atoms with van der Waals surface area (Å²) in [6.45, 7) is 6.32. The maximum atomic E-state index is 5.43. The third kappa shape index (κ3) is 3.84. The summed E-state index contributed by atoms with van der Waals surface area (Å²) in [6.07, 6.45) is 4.03. The van der Waals surface area contributed by atoms with E-state index < -0.39 is 0 Å². The highest BCUT2D eigenvalue weighted by Crippen LogP contribution is 2.22. The van der Waals surface area contributed by atoms with Crippen molar-refractivity contribution in [3.05, 3.63) is 21.9 Å². The van der Waals surface area contributed by atoms with E-state index in [9.17, 15) is 0 Å². The molecule has 0 radical (unpaired) electrons. The van der Waals surface area contributed by atoms with Crippen LogP contribution in [0.2, 0.25) is 0 Å². The average molecular weight is 262 g/mol. The molecule has 2 nitrogen and oxygen atoms in total. The zero-order valence-electron chi connectivity index (χ0n) is 11.1. The largest absolute Gasteiger partial charge is 0.320 e. The number of thiophene rings is 1. The lowest BCUT2D eigenvalue weighted by Gasteiger charge is -2.19. The number of likely N-dealkylation sites (tertiary alicyclic amines) is 1. The minimum atomic E-state index is 0.441. The molecule has 2 heterocycles. The van der Waals surface area contributed by atoms with Gasteiger partial charge in [-0.3, -0.25) is 4.90 Å². The predicted octanol–water partition coefficient (Wildman–Crippen LogP) is 2.68. The second kappa shape index (κ2) is 6.94. The number of hydrogen-bond donors (Lipinski definition) is 1. The fourth-order valence-electron chi connectivity index (χ4n) is 2.40. The van der Waals surface area contributed by atoms with Crippen LogP contribution >= 0.6 is 11.3 Å². The number of rotatable bonds is 2. The summed E-state index contributed by atoms with van der Waals surface area (Å²) in [5.74, 6) is 7.01. The zero-order chi connectivity index (χ0) is 12.8. The van der Waals surface area contributed by atoms with Crippen LogP contribution in [0.3, 0.4) is 0 Å². The van der Waals surface area contributed by atoms with Crippen molar-refractivity contribution in [2.45, 2.75) is 32.7 Å². The van der Waals surface area contributed by atoms with Crippen molar-refractivity contribution in [1.29, 1.82) is 0 Å². The summed E-state index contributed by atoms with van der Waals surface area (Å²) in [5, 5.41) is 2.14. The molecule has 0 saturated carbocycles. The van der Waals surface area contributed by atoms with Gasteiger partial charge < -0.3 is 5.73 Å². The van der Waals surface area contributed by atoms with E-state index >= 15 is 0 Å². The van der Waals surface area contributed by atoms with Gasteiger partial charge in [0.25, 0.3) is 0 Å². The molecule has 0 aromatic carbocycles. The van der Waals surface area contributed by atoms with Gasteiger partial charge in [0, 0.05) is 17.0 Å². The maximum absolute atomic E-state index is 5.43. The van der Waals surface area contributed by atoms with Crippen molar-refractivity contribution in [3.63, 3.8) is 0 Å². The molecule has 1 aliphatic rings. The molecule has 0 bridgehead atoms. The molecule has 1 fully saturated rings. The third-order valence-corrected chi connectivity index (χ3v) is 4.45. The lowest BCUT2D eigenvalue weighted by atomic mass is 10.0. The second-order valence-electron chi connectivity index (χ2n) is 5.08. The first-order valence-corrected chi connectivity index (χ1v) is 7.65. The molecule has 1 aliphatic heterocycles. The molecule has 1 saturated heterocycles. The Morgan fingerprint density at radius 1 is 1.44 bits per heavy atom. The molecule has 0 amide bonds. The summed E-state index contributed by atoms with van der Waals surface area (Å²) in [4.78, 5) is 3.97. The van der Waals surface area contributed by atoms with Crippen molar-refractivity contribution in [1.82, 2.24) is 4.90 Å². The van der Waals surface area contributed by atoms with Crippen LogP contribution in [0.1, 0.15) is 36.6 Å². The van der Waals surface area contributed by atoms with Crippen LogP contribution < -0.4 is 5.73 Å². The predicted molar refractivity (Wildman–Crippen MR) is 78.5 cm³/mol. The average Bonchev–Trinajstić information content (AvgIpc) is 2.70. The van der Waals surface area contributed by atoms with Crippen molar-refractivity contribution in [2.75, 3.05) is 19.6 Å². The van der Waals surface area contributed by atoms with Gasteiger partial charge >= 0.3 is 0 Å². The van der Waals surface area contributed by atoms with Gasteiger partial charge in [-0.05, 0) is 49.7 Å². The molecule has 1 atom stereocenters. The first kappa shape index (κ1) is 13.6. The fourth-order valence-corrected chi connectivity index (χ4v) is 3.28. The summed E-state index contributed by atoms with van der Waals surface area (Å²) in [5.41, 5.74) is 6.60. The molecule has 2 rings (SSSR count). The van der Waals surface area contributed by atoms with Crippen LogP contribution in [-0.2, 0) is 6.54 Å². The molecular formula is C15H22N2S. The monoisotopic (exact) mass is 262 g/mol. The second-order valence-corrected chi connectivity index (χ2v) is 6.08. The molecule has 0 aliphatic carbocycles. The number of hydrogen-bond acceptors (Lipinski definition) is 3. The Labute approximate surface area is 114 Å². The summed E-state index contributed by atoms with van der Waals surface area (Å²) in [7, 11) is 0. The van der Waals surface area contributed by atoms with Gasteiger partial charge in [0.2, 0.25) is 0 Å². The van der Waals surface area contributed by atoms with E-state index in [-0.39, 0.29) is 0 Å². The highest BCUT2D eigenvalue weighted by Gasteiger charge is 2.15. The topological polar surface area (TPSA) is 29.3 Å². The van der Waals surface area contributed by atoms with Crippen molar-refractivity contribution in [3.8, 4) is 11.8 Å². The van der Waals surface area contributed by atoms with Crippen LogP contribution in [-0.4, -0.2) is 24.5 Å². The molecule has 2 N–H and O–H groups in total. The Hall–Kier alpha value is -0.820. The van der Waals surface area contributed by atoms with Crippen LogP contribution in [0.15, 0.2) is 11.4 Å². The molecule has 1 unspecified atom stereocenters. The SMILES string of the molecule is CC1CCCN(Cc2sccc2C#CCN)CC1. The highest BCUT2D eigenvalue weighted by atomic mass is 32.1. The Kier molecular flexibility index (Phi) is 5.25. The van der Waals surface area contributed by atoms with Crippen molar-refractivity contribution >= 4 is 11.3 Å². The van der Waals surface area contributed by atoms with E-state index in [1.54, 1.807) is 0 Å². The van der Waals surface area contributed by atoms with E-state index in [0.29, 0.717) is 6.54 Å². The Morgan fingerprint density at radius 3 is 3.17 bits per heavy atom. The van der Waals surface area contributed by atoms with E-state index in [2.05, 4.69) is 35.1 Å². The molecule has 1 aromatic rings. The van der Waals surface area contributed by atoms with E-state index in [0.717, 1.165) is 12.5 Å². The molecule has 0 spiro atoms. The highest BCUT2D eigenvalue weighted by molar-refractivity contribution is 7.10. The van der Waals surface area contributed by atoms with Crippen LogP contribution in [0.5, 0.6) is 0 Å². The fraction of sp³-hybridized carbons (Fsp3) is 0.600. The Morgan fingerprint density at radius 2 is 2.33 bits per heavy atom. The molecule has 18 heavy (non-hydrogen) atoms. The lowest BCUT2D eigenvalue weighted by molar-refractivity contribution is 0.276. The molecular weight excluding hydrogens is 240 g/mol. The van der Waals surface area contributed by atoms with Crippen LogP contribution in [0.4, 0.5) is 0 Å². The molecule has 1 aromatic heterocycles. The first-order chi connectivity index (χ1) is 8.79. The van der Waals surface area contributed by atoms with E-state index in [1.165, 1.54) is 42.8 Å². The van der Waals surface area contributed by atoms with Crippen molar-refractivity contribution < 1.29 is 0 Å². The van der Waals surface area contributed by atoms with Crippen LogP contribution in [0.25, 0.3) is 0 Å². The van der Waals surface area contributed by atoms with Gasteiger partial charge in [-0.1, -0.05) is 18.8 Å². The maximum Gasteiger partial charge on any atom is 0.0555 e. The third-order valence-electron chi connectivity index (χ3n) is 3.55. The van der Waals surface area contributed by atoms with Gasteiger partial charge in [-0.15, -0.1) is 11.3 Å². The van der Waals surface area contributed by atoms with Crippen molar-refractivity contribution in [2.24, 2.45) is 11.7 Å². The lowest BCUT2D eigenvalue weighted by Crippen LogP contribution is -2.24. The number of nitrogens with zero attached hydrogens (tertiary/aromatic N) is 1. The van der Waals surface area contributed by atoms with Crippen LogP contribution in [0, 0.1) is 17.8 Å². The summed E-state index contributed by atoms with van der Waals surface area (Å²) >= 11 is 1.82. The normalized spacial score (nSPS) is 21.1. The summed E-state index contributed by atoms with van der Waals surface area (Å²) in [6, 6.07) is 2.11. The molecule has 3 heteroatoms. The van der Waals surface area contributed by atoms with Gasteiger partial charge in [-0.25, -0.2) is 0 Å². The number of nitrogens with two attached hydrogens (primary N) is 1. The summed E-state index contributed by atoms with van der Waals surface area (Å²) < 4.78 is 0. The minimum absolute atomic E-state index is 0.441. The standard InChI is InChI=1S/C15H22N2S/c1-13-4-3-9-17(10-6-13)12-15-14(5-2-8-16)7-11-18-15/h7,11,13H,3-4,6,8-10,12,16H2,1H3.